The Kier molecular flexibility index (Phi) is 3.37. The number of methoxy groups -OCH3 is 1. The lowest BCUT2D eigenvalue weighted by atomic mass is 10.1. The SMILES string of the molecule is COc1ccc(S(=O)(=O)N2CCc3cc(C)ccc32)cc1. The quantitative estimate of drug-likeness (QED) is 0.876. The Morgan fingerprint density at radius 3 is 2.48 bits per heavy atom. The van der Waals surface area contributed by atoms with Gasteiger partial charge in [0.25, 0.3) is 10.0 Å². The summed E-state index contributed by atoms with van der Waals surface area (Å²) in [6, 6.07) is 12.4. The minimum Gasteiger partial charge on any atom is -0.497 e. The Bertz CT molecular complexity index is 767. The van der Waals surface area contributed by atoms with Crippen molar-refractivity contribution in [2.75, 3.05) is 18.0 Å². The third-order valence-corrected chi connectivity index (χ3v) is 5.56. The van der Waals surface area contributed by atoms with Gasteiger partial charge in [-0.05, 0) is 49.2 Å². The fourth-order valence-electron chi connectivity index (χ4n) is 2.62. The smallest absolute Gasteiger partial charge is 0.264 e. The summed E-state index contributed by atoms with van der Waals surface area (Å²) in [4.78, 5) is 0.289. The Hall–Kier alpha value is -2.01. The lowest BCUT2D eigenvalue weighted by Gasteiger charge is -2.19. The molecule has 0 bridgehead atoms. The molecular formula is C16H17NO3S. The fraction of sp³-hybridized carbons (Fsp3) is 0.250. The summed E-state index contributed by atoms with van der Waals surface area (Å²) in [6.45, 7) is 2.51. The van der Waals surface area contributed by atoms with Gasteiger partial charge >= 0.3 is 0 Å². The molecular weight excluding hydrogens is 286 g/mol. The molecule has 1 aliphatic rings. The van der Waals surface area contributed by atoms with Gasteiger partial charge in [0.1, 0.15) is 5.75 Å². The van der Waals surface area contributed by atoms with Crippen LogP contribution in [0.4, 0.5) is 5.69 Å². The molecule has 0 spiro atoms. The normalized spacial score (nSPS) is 14.1. The van der Waals surface area contributed by atoms with Gasteiger partial charge in [-0.15, -0.1) is 0 Å². The predicted octanol–water partition coefficient (Wildman–Crippen LogP) is 2.76. The van der Waals surface area contributed by atoms with Gasteiger partial charge in [-0.1, -0.05) is 17.7 Å². The average molecular weight is 303 g/mol. The number of ether oxygens (including phenoxy) is 1. The molecule has 0 N–H and O–H groups in total. The van der Waals surface area contributed by atoms with Gasteiger partial charge in [0, 0.05) is 6.54 Å². The van der Waals surface area contributed by atoms with Crippen molar-refractivity contribution in [2.45, 2.75) is 18.2 Å². The molecule has 0 aromatic heterocycles. The number of fused-ring (bicyclic) bond motifs is 1. The summed E-state index contributed by atoms with van der Waals surface area (Å²) < 4.78 is 32.1. The van der Waals surface area contributed by atoms with E-state index in [0.717, 1.165) is 23.2 Å². The number of sulfonamides is 1. The summed E-state index contributed by atoms with van der Waals surface area (Å²) in [5.41, 5.74) is 3.03. The van der Waals surface area contributed by atoms with Crippen LogP contribution in [0.15, 0.2) is 47.4 Å². The molecule has 110 valence electrons. The van der Waals surface area contributed by atoms with E-state index in [2.05, 4.69) is 6.07 Å². The number of anilines is 1. The van der Waals surface area contributed by atoms with E-state index in [0.29, 0.717) is 12.3 Å². The largest absolute Gasteiger partial charge is 0.497 e. The lowest BCUT2D eigenvalue weighted by molar-refractivity contribution is 0.414. The van der Waals surface area contributed by atoms with E-state index in [1.807, 2.05) is 19.1 Å². The van der Waals surface area contributed by atoms with Crippen molar-refractivity contribution >= 4 is 15.7 Å². The van der Waals surface area contributed by atoms with Gasteiger partial charge in [0.05, 0.1) is 17.7 Å². The van der Waals surface area contributed by atoms with Crippen LogP contribution in [0.25, 0.3) is 0 Å². The summed E-state index contributed by atoms with van der Waals surface area (Å²) in [6.07, 6.45) is 0.756. The molecule has 0 unspecified atom stereocenters. The van der Waals surface area contributed by atoms with Crippen molar-refractivity contribution in [3.63, 3.8) is 0 Å². The van der Waals surface area contributed by atoms with Crippen molar-refractivity contribution < 1.29 is 13.2 Å². The molecule has 0 radical (unpaired) electrons. The molecule has 0 amide bonds. The van der Waals surface area contributed by atoms with Crippen LogP contribution in [0, 0.1) is 6.92 Å². The molecule has 2 aromatic carbocycles. The first-order valence-electron chi connectivity index (χ1n) is 6.79. The molecule has 0 saturated carbocycles. The molecule has 3 rings (SSSR count). The maximum absolute atomic E-state index is 12.8. The first-order valence-corrected chi connectivity index (χ1v) is 8.23. The first kappa shape index (κ1) is 13.9. The van der Waals surface area contributed by atoms with E-state index in [9.17, 15) is 8.42 Å². The average Bonchev–Trinajstić information content (AvgIpc) is 2.91. The number of nitrogens with zero attached hydrogens (tertiary/aromatic N) is 1. The Balaban J connectivity index is 2.00. The molecule has 5 heteroatoms. The topological polar surface area (TPSA) is 46.6 Å². The fourth-order valence-corrected chi connectivity index (χ4v) is 4.13. The van der Waals surface area contributed by atoms with Crippen LogP contribution in [0.3, 0.4) is 0 Å². The summed E-state index contributed by atoms with van der Waals surface area (Å²) in [5, 5.41) is 0. The molecule has 0 aliphatic carbocycles. The predicted molar refractivity (Wildman–Crippen MR) is 82.4 cm³/mol. The van der Waals surface area contributed by atoms with Gasteiger partial charge < -0.3 is 4.74 Å². The van der Waals surface area contributed by atoms with Gasteiger partial charge in [0.15, 0.2) is 0 Å². The molecule has 0 atom stereocenters. The molecule has 4 nitrogen and oxygen atoms in total. The van der Waals surface area contributed by atoms with Gasteiger partial charge in [-0.2, -0.15) is 0 Å². The molecule has 2 aromatic rings. The van der Waals surface area contributed by atoms with Crippen LogP contribution in [-0.4, -0.2) is 22.1 Å². The second-order valence-corrected chi connectivity index (χ2v) is 7.00. The van der Waals surface area contributed by atoms with E-state index < -0.39 is 10.0 Å². The highest BCUT2D eigenvalue weighted by molar-refractivity contribution is 7.92. The van der Waals surface area contributed by atoms with Gasteiger partial charge in [0.2, 0.25) is 0 Å². The summed E-state index contributed by atoms with van der Waals surface area (Å²) >= 11 is 0. The van der Waals surface area contributed by atoms with Crippen LogP contribution in [0.2, 0.25) is 0 Å². The Morgan fingerprint density at radius 2 is 1.81 bits per heavy atom. The first-order chi connectivity index (χ1) is 10.0. The Labute approximate surface area is 125 Å². The standard InChI is InChI=1S/C16H17NO3S/c1-12-3-8-16-13(11-12)9-10-17(16)21(18,19)15-6-4-14(20-2)5-7-15/h3-8,11H,9-10H2,1-2H3. The van der Waals surface area contributed by atoms with Crippen molar-refractivity contribution in [1.82, 2.24) is 0 Å². The third kappa shape index (κ3) is 2.38. The maximum atomic E-state index is 12.8. The third-order valence-electron chi connectivity index (χ3n) is 3.74. The van der Waals surface area contributed by atoms with Crippen molar-refractivity contribution in [1.29, 1.82) is 0 Å². The van der Waals surface area contributed by atoms with Crippen molar-refractivity contribution in [2.24, 2.45) is 0 Å². The van der Waals surface area contributed by atoms with Crippen LogP contribution >= 0.6 is 0 Å². The number of benzene rings is 2. The van der Waals surface area contributed by atoms with Crippen LogP contribution in [0.1, 0.15) is 11.1 Å². The van der Waals surface area contributed by atoms with E-state index in [1.54, 1.807) is 31.4 Å². The molecule has 0 fully saturated rings. The zero-order chi connectivity index (χ0) is 15.0. The molecule has 1 heterocycles. The van der Waals surface area contributed by atoms with E-state index in [-0.39, 0.29) is 4.90 Å². The van der Waals surface area contributed by atoms with Crippen molar-refractivity contribution in [3.05, 3.63) is 53.6 Å². The second kappa shape index (κ2) is 5.07. The highest BCUT2D eigenvalue weighted by Gasteiger charge is 2.30. The number of hydrogen-bond donors (Lipinski definition) is 0. The lowest BCUT2D eigenvalue weighted by Crippen LogP contribution is -2.29. The van der Waals surface area contributed by atoms with Crippen LogP contribution < -0.4 is 9.04 Å². The van der Waals surface area contributed by atoms with E-state index in [4.69, 9.17) is 4.74 Å². The number of rotatable bonds is 3. The van der Waals surface area contributed by atoms with Crippen LogP contribution in [-0.2, 0) is 16.4 Å². The monoisotopic (exact) mass is 303 g/mol. The van der Waals surface area contributed by atoms with E-state index >= 15 is 0 Å². The Morgan fingerprint density at radius 1 is 1.10 bits per heavy atom. The summed E-state index contributed by atoms with van der Waals surface area (Å²) in [7, 11) is -1.95. The van der Waals surface area contributed by atoms with Gasteiger partial charge in [-0.3, -0.25) is 4.31 Å². The number of hydrogen-bond acceptors (Lipinski definition) is 3. The zero-order valence-corrected chi connectivity index (χ0v) is 12.9. The summed E-state index contributed by atoms with van der Waals surface area (Å²) in [5.74, 6) is 0.645. The highest BCUT2D eigenvalue weighted by atomic mass is 32.2. The van der Waals surface area contributed by atoms with Crippen molar-refractivity contribution in [3.8, 4) is 5.75 Å². The van der Waals surface area contributed by atoms with E-state index in [1.165, 1.54) is 4.31 Å². The molecule has 1 aliphatic heterocycles. The minimum atomic E-state index is -3.51. The minimum absolute atomic E-state index is 0.289. The number of aryl methyl sites for hydroxylation is 1. The maximum Gasteiger partial charge on any atom is 0.264 e. The van der Waals surface area contributed by atoms with Gasteiger partial charge in [-0.25, -0.2) is 8.42 Å². The molecule has 21 heavy (non-hydrogen) atoms. The second-order valence-electron chi connectivity index (χ2n) is 5.13. The zero-order valence-electron chi connectivity index (χ0n) is 12.0. The van der Waals surface area contributed by atoms with Crippen LogP contribution in [0.5, 0.6) is 5.75 Å². The molecule has 0 saturated heterocycles. The highest BCUT2D eigenvalue weighted by Crippen LogP contribution is 2.33.